The molecular formula is C21H18F2N4O. The average Bonchev–Trinajstić information content (AvgIpc) is 2.70. The van der Waals surface area contributed by atoms with Crippen molar-refractivity contribution in [2.24, 2.45) is 0 Å². The molecule has 2 aromatic carbocycles. The molecule has 0 radical (unpaired) electrons. The monoisotopic (exact) mass is 380 g/mol. The molecule has 0 spiro atoms. The highest BCUT2D eigenvalue weighted by Gasteiger charge is 2.21. The fourth-order valence-electron chi connectivity index (χ4n) is 3.35. The molecule has 0 aliphatic carbocycles. The number of nitrogens with zero attached hydrogens (tertiary/aromatic N) is 3. The molecule has 2 heterocycles. The summed E-state index contributed by atoms with van der Waals surface area (Å²) in [5, 5.41) is 2.55. The first-order valence-corrected chi connectivity index (χ1v) is 8.99. The molecule has 0 saturated heterocycles. The van der Waals surface area contributed by atoms with E-state index in [4.69, 9.17) is 0 Å². The number of para-hydroxylation sites is 1. The summed E-state index contributed by atoms with van der Waals surface area (Å²) in [6.45, 7) is 2.51. The Morgan fingerprint density at radius 1 is 1.07 bits per heavy atom. The molecule has 0 fully saturated rings. The van der Waals surface area contributed by atoms with Crippen molar-refractivity contribution in [3.05, 3.63) is 77.2 Å². The standard InChI is InChI=1S/C21H18F2N4O/c1-13-24-18(21(28)26-15-8-9-16(22)17(23)11-15)12-20(25-13)27-10-4-6-14-5-2-3-7-19(14)27/h2-3,5,7-9,11-12H,4,6,10H2,1H3,(H,26,28). The van der Waals surface area contributed by atoms with Crippen LogP contribution in [0.1, 0.15) is 28.3 Å². The molecular weight excluding hydrogens is 362 g/mol. The molecule has 1 aliphatic heterocycles. The summed E-state index contributed by atoms with van der Waals surface area (Å²) in [6, 6.07) is 12.9. The maximum absolute atomic E-state index is 13.4. The molecule has 142 valence electrons. The summed E-state index contributed by atoms with van der Waals surface area (Å²) >= 11 is 0. The van der Waals surface area contributed by atoms with Crippen LogP contribution in [0.5, 0.6) is 0 Å². The SMILES string of the molecule is Cc1nc(C(=O)Nc2ccc(F)c(F)c2)cc(N2CCCc3ccccc32)n1. The number of benzene rings is 2. The molecule has 0 saturated carbocycles. The molecule has 5 nitrogen and oxygen atoms in total. The van der Waals surface area contributed by atoms with E-state index in [0.29, 0.717) is 11.6 Å². The normalized spacial score (nSPS) is 13.2. The number of rotatable bonds is 3. The quantitative estimate of drug-likeness (QED) is 0.732. The molecule has 7 heteroatoms. The number of nitrogens with one attached hydrogen (secondary N) is 1. The summed E-state index contributed by atoms with van der Waals surface area (Å²) in [7, 11) is 0. The van der Waals surface area contributed by atoms with Gasteiger partial charge in [-0.25, -0.2) is 18.7 Å². The number of hydrogen-bond donors (Lipinski definition) is 1. The molecule has 0 bridgehead atoms. The van der Waals surface area contributed by atoms with Crippen LogP contribution in [0.15, 0.2) is 48.5 Å². The maximum atomic E-state index is 13.4. The Labute approximate surface area is 161 Å². The number of hydrogen-bond acceptors (Lipinski definition) is 4. The topological polar surface area (TPSA) is 58.1 Å². The highest BCUT2D eigenvalue weighted by atomic mass is 19.2. The molecule has 1 aromatic heterocycles. The summed E-state index contributed by atoms with van der Waals surface area (Å²) in [4.78, 5) is 23.4. The van der Waals surface area contributed by atoms with Crippen LogP contribution in [0.3, 0.4) is 0 Å². The zero-order valence-corrected chi connectivity index (χ0v) is 15.2. The Morgan fingerprint density at radius 2 is 1.89 bits per heavy atom. The molecule has 1 amide bonds. The fourth-order valence-corrected chi connectivity index (χ4v) is 3.35. The van der Waals surface area contributed by atoms with E-state index in [1.54, 1.807) is 13.0 Å². The van der Waals surface area contributed by atoms with E-state index >= 15 is 0 Å². The number of fused-ring (bicyclic) bond motifs is 1. The fraction of sp³-hybridized carbons (Fsp3) is 0.190. The number of carbonyl (C=O) groups is 1. The van der Waals surface area contributed by atoms with Gasteiger partial charge >= 0.3 is 0 Å². The maximum Gasteiger partial charge on any atom is 0.274 e. The van der Waals surface area contributed by atoms with E-state index in [1.165, 1.54) is 11.6 Å². The summed E-state index contributed by atoms with van der Waals surface area (Å²) in [6.07, 6.45) is 1.98. The van der Waals surface area contributed by atoms with Crippen molar-refractivity contribution >= 4 is 23.1 Å². The van der Waals surface area contributed by atoms with Gasteiger partial charge in [0, 0.05) is 30.1 Å². The van der Waals surface area contributed by atoms with Gasteiger partial charge in [-0.2, -0.15) is 0 Å². The zero-order valence-electron chi connectivity index (χ0n) is 15.2. The van der Waals surface area contributed by atoms with Crippen LogP contribution in [-0.4, -0.2) is 22.4 Å². The van der Waals surface area contributed by atoms with Crippen molar-refractivity contribution in [3.63, 3.8) is 0 Å². The predicted octanol–water partition coefficient (Wildman–Crippen LogP) is 4.40. The number of carbonyl (C=O) groups excluding carboxylic acids is 1. The minimum atomic E-state index is -1.03. The van der Waals surface area contributed by atoms with Crippen molar-refractivity contribution < 1.29 is 13.6 Å². The van der Waals surface area contributed by atoms with Gasteiger partial charge in [0.1, 0.15) is 17.3 Å². The van der Waals surface area contributed by atoms with Gasteiger partial charge in [0.2, 0.25) is 0 Å². The first-order valence-electron chi connectivity index (χ1n) is 8.99. The Kier molecular flexibility index (Phi) is 4.73. The lowest BCUT2D eigenvalue weighted by Gasteiger charge is -2.30. The van der Waals surface area contributed by atoms with Crippen LogP contribution in [0, 0.1) is 18.6 Å². The smallest absolute Gasteiger partial charge is 0.274 e. The van der Waals surface area contributed by atoms with Crippen molar-refractivity contribution in [2.75, 3.05) is 16.8 Å². The molecule has 28 heavy (non-hydrogen) atoms. The molecule has 4 rings (SSSR count). The molecule has 1 N–H and O–H groups in total. The number of aryl methyl sites for hydroxylation is 2. The highest BCUT2D eigenvalue weighted by molar-refractivity contribution is 6.03. The first-order chi connectivity index (χ1) is 13.5. The second kappa shape index (κ2) is 7.34. The van der Waals surface area contributed by atoms with Gasteiger partial charge in [-0.3, -0.25) is 4.79 Å². The Morgan fingerprint density at radius 3 is 2.71 bits per heavy atom. The third-order valence-corrected chi connectivity index (χ3v) is 4.62. The third kappa shape index (κ3) is 3.55. The molecule has 0 unspecified atom stereocenters. The van der Waals surface area contributed by atoms with Crippen molar-refractivity contribution in [2.45, 2.75) is 19.8 Å². The molecule has 0 atom stereocenters. The second-order valence-corrected chi connectivity index (χ2v) is 6.63. The van der Waals surface area contributed by atoms with Crippen LogP contribution in [-0.2, 0) is 6.42 Å². The van der Waals surface area contributed by atoms with E-state index in [9.17, 15) is 13.6 Å². The van der Waals surface area contributed by atoms with Gasteiger partial charge in [0.15, 0.2) is 11.6 Å². The Hall–Kier alpha value is -3.35. The second-order valence-electron chi connectivity index (χ2n) is 6.63. The van der Waals surface area contributed by atoms with E-state index in [-0.39, 0.29) is 11.4 Å². The van der Waals surface area contributed by atoms with Crippen LogP contribution in [0.4, 0.5) is 26.0 Å². The average molecular weight is 380 g/mol. The minimum absolute atomic E-state index is 0.157. The van der Waals surface area contributed by atoms with Crippen LogP contribution in [0.25, 0.3) is 0 Å². The lowest BCUT2D eigenvalue weighted by molar-refractivity contribution is 0.102. The van der Waals surface area contributed by atoms with E-state index in [0.717, 1.165) is 37.2 Å². The van der Waals surface area contributed by atoms with Gasteiger partial charge in [-0.15, -0.1) is 0 Å². The zero-order chi connectivity index (χ0) is 19.7. The highest BCUT2D eigenvalue weighted by Crippen LogP contribution is 2.32. The van der Waals surface area contributed by atoms with Gasteiger partial charge in [-0.1, -0.05) is 18.2 Å². The third-order valence-electron chi connectivity index (χ3n) is 4.62. The van der Waals surface area contributed by atoms with Crippen LogP contribution in [0.2, 0.25) is 0 Å². The van der Waals surface area contributed by atoms with Gasteiger partial charge in [-0.05, 0) is 43.5 Å². The van der Waals surface area contributed by atoms with Gasteiger partial charge in [0.05, 0.1) is 0 Å². The largest absolute Gasteiger partial charge is 0.326 e. The summed E-state index contributed by atoms with van der Waals surface area (Å²) < 4.78 is 26.5. The predicted molar refractivity (Wildman–Crippen MR) is 103 cm³/mol. The lowest BCUT2D eigenvalue weighted by Crippen LogP contribution is -2.26. The van der Waals surface area contributed by atoms with Gasteiger partial charge in [0.25, 0.3) is 5.91 Å². The van der Waals surface area contributed by atoms with E-state index in [1.807, 2.05) is 18.2 Å². The van der Waals surface area contributed by atoms with Crippen molar-refractivity contribution in [1.82, 2.24) is 9.97 Å². The number of aromatic nitrogens is 2. The lowest BCUT2D eigenvalue weighted by atomic mass is 10.0. The molecule has 1 aliphatic rings. The Balaban J connectivity index is 1.64. The number of amides is 1. The summed E-state index contributed by atoms with van der Waals surface area (Å²) in [5.41, 5.74) is 2.62. The summed E-state index contributed by atoms with van der Waals surface area (Å²) in [5.74, 6) is -1.42. The minimum Gasteiger partial charge on any atom is -0.326 e. The van der Waals surface area contributed by atoms with E-state index in [2.05, 4.69) is 26.3 Å². The van der Waals surface area contributed by atoms with E-state index < -0.39 is 17.5 Å². The van der Waals surface area contributed by atoms with Crippen molar-refractivity contribution in [1.29, 1.82) is 0 Å². The van der Waals surface area contributed by atoms with Crippen LogP contribution < -0.4 is 10.2 Å². The molecule has 3 aromatic rings. The number of halogens is 2. The van der Waals surface area contributed by atoms with Crippen LogP contribution >= 0.6 is 0 Å². The van der Waals surface area contributed by atoms with Gasteiger partial charge < -0.3 is 10.2 Å². The Bertz CT molecular complexity index is 1050. The van der Waals surface area contributed by atoms with Crippen molar-refractivity contribution in [3.8, 4) is 0 Å². The number of anilines is 3. The first kappa shape index (κ1) is 18.0.